The summed E-state index contributed by atoms with van der Waals surface area (Å²) in [6.45, 7) is 6.63. The van der Waals surface area contributed by atoms with E-state index in [2.05, 4.69) is 86.3 Å². The molecule has 0 saturated heterocycles. The van der Waals surface area contributed by atoms with Crippen molar-refractivity contribution in [1.29, 1.82) is 0 Å². The second-order valence-electron chi connectivity index (χ2n) is 6.59. The molecule has 0 N–H and O–H groups in total. The number of nitrogens with zero attached hydrogens (tertiary/aromatic N) is 2. The van der Waals surface area contributed by atoms with Gasteiger partial charge in [0.25, 0.3) is 0 Å². The zero-order valence-electron chi connectivity index (χ0n) is 14.6. The Morgan fingerprint density at radius 3 is 1.74 bits per heavy atom. The molecular weight excluding hydrogens is 280 g/mol. The molecule has 23 heavy (non-hydrogen) atoms. The van der Waals surface area contributed by atoms with E-state index in [-0.39, 0.29) is 0 Å². The van der Waals surface area contributed by atoms with E-state index in [1.165, 1.54) is 33.6 Å². The molecule has 0 amide bonds. The van der Waals surface area contributed by atoms with Crippen LogP contribution in [0.15, 0.2) is 48.5 Å². The maximum atomic E-state index is 2.49. The lowest BCUT2D eigenvalue weighted by molar-refractivity contribution is 0.402. The molecule has 3 rings (SSSR count). The first kappa shape index (κ1) is 15.8. The quantitative estimate of drug-likeness (QED) is 0.780. The van der Waals surface area contributed by atoms with Crippen LogP contribution in [0.3, 0.4) is 0 Å². The van der Waals surface area contributed by atoms with Gasteiger partial charge in [0.2, 0.25) is 0 Å². The second-order valence-corrected chi connectivity index (χ2v) is 6.59. The molecule has 2 aromatic rings. The van der Waals surface area contributed by atoms with E-state index in [1.54, 1.807) is 0 Å². The van der Waals surface area contributed by atoms with Gasteiger partial charge in [-0.2, -0.15) is 0 Å². The number of rotatable bonds is 4. The number of hydrogen-bond acceptors (Lipinski definition) is 2. The average Bonchev–Trinajstić information content (AvgIpc) is 2.65. The van der Waals surface area contributed by atoms with Crippen molar-refractivity contribution in [3.05, 3.63) is 59.7 Å². The van der Waals surface area contributed by atoms with Crippen LogP contribution in [-0.4, -0.2) is 32.1 Å². The number of allylic oxidation sites excluding steroid dienone is 2. The molecule has 0 bridgehead atoms. The van der Waals surface area contributed by atoms with Gasteiger partial charge in [0.05, 0.1) is 0 Å². The Balaban J connectivity index is 2.10. The molecule has 0 atom stereocenters. The molecule has 0 saturated carbocycles. The second kappa shape index (κ2) is 6.59. The van der Waals surface area contributed by atoms with Crippen molar-refractivity contribution >= 4 is 22.5 Å². The summed E-state index contributed by atoms with van der Waals surface area (Å²) in [6.07, 6.45) is 1.15. The number of para-hydroxylation sites is 2. The average molecular weight is 306 g/mol. The van der Waals surface area contributed by atoms with Gasteiger partial charge in [-0.05, 0) is 64.2 Å². The van der Waals surface area contributed by atoms with Crippen molar-refractivity contribution in [2.45, 2.75) is 20.3 Å². The highest BCUT2D eigenvalue weighted by atomic mass is 15.1. The van der Waals surface area contributed by atoms with Gasteiger partial charge in [0, 0.05) is 29.0 Å². The van der Waals surface area contributed by atoms with Gasteiger partial charge in [-0.1, -0.05) is 36.4 Å². The van der Waals surface area contributed by atoms with E-state index in [0.29, 0.717) is 0 Å². The highest BCUT2D eigenvalue weighted by molar-refractivity contribution is 5.99. The minimum atomic E-state index is 1.03. The third-order valence-corrected chi connectivity index (χ3v) is 4.75. The Hall–Kier alpha value is -2.06. The van der Waals surface area contributed by atoms with E-state index in [9.17, 15) is 0 Å². The van der Waals surface area contributed by atoms with Crippen LogP contribution in [0.4, 0.5) is 11.4 Å². The summed E-state index contributed by atoms with van der Waals surface area (Å²) < 4.78 is 0. The summed E-state index contributed by atoms with van der Waals surface area (Å²) in [5, 5.41) is 0. The van der Waals surface area contributed by atoms with E-state index in [0.717, 1.165) is 19.5 Å². The molecular formula is C21H26N2. The Morgan fingerprint density at radius 1 is 0.783 bits per heavy atom. The first-order valence-electron chi connectivity index (χ1n) is 8.38. The van der Waals surface area contributed by atoms with Gasteiger partial charge in [0.15, 0.2) is 0 Å². The fraction of sp³-hybridized carbons (Fsp3) is 0.333. The van der Waals surface area contributed by atoms with Crippen molar-refractivity contribution in [3.63, 3.8) is 0 Å². The maximum absolute atomic E-state index is 2.49. The molecule has 0 radical (unpaired) electrons. The van der Waals surface area contributed by atoms with Gasteiger partial charge in [-0.3, -0.25) is 0 Å². The monoisotopic (exact) mass is 306 g/mol. The molecule has 0 fully saturated rings. The molecule has 0 aliphatic carbocycles. The molecule has 2 heteroatoms. The lowest BCUT2D eigenvalue weighted by Crippen LogP contribution is -2.24. The zero-order chi connectivity index (χ0) is 16.4. The summed E-state index contributed by atoms with van der Waals surface area (Å²) in [5.41, 5.74) is 8.12. The normalized spacial score (nSPS) is 13.9. The molecule has 0 aromatic heterocycles. The minimum Gasteiger partial charge on any atom is -0.340 e. The Kier molecular flexibility index (Phi) is 4.53. The summed E-state index contributed by atoms with van der Waals surface area (Å²) in [5.74, 6) is 0. The molecule has 1 aliphatic rings. The van der Waals surface area contributed by atoms with Crippen molar-refractivity contribution in [2.75, 3.05) is 32.1 Å². The standard InChI is InChI=1S/C21H26N2/c1-16-17(2)19-11-6-8-13-21(19)23(15-9-14-22(3)4)20-12-7-5-10-18(16)20/h5-8,10-13H,9,14-15H2,1-4H3. The molecule has 2 aromatic carbocycles. The number of benzene rings is 2. The number of fused-ring (bicyclic) bond motifs is 2. The zero-order valence-corrected chi connectivity index (χ0v) is 14.6. The van der Waals surface area contributed by atoms with E-state index in [1.807, 2.05) is 0 Å². The third-order valence-electron chi connectivity index (χ3n) is 4.75. The summed E-state index contributed by atoms with van der Waals surface area (Å²) >= 11 is 0. The molecule has 1 heterocycles. The Labute approximate surface area is 140 Å². The fourth-order valence-electron chi connectivity index (χ4n) is 3.37. The summed E-state index contributed by atoms with van der Waals surface area (Å²) in [4.78, 5) is 4.75. The first-order chi connectivity index (χ1) is 11.1. The van der Waals surface area contributed by atoms with Gasteiger partial charge in [-0.15, -0.1) is 0 Å². The van der Waals surface area contributed by atoms with Crippen LogP contribution in [0.1, 0.15) is 31.4 Å². The van der Waals surface area contributed by atoms with Crippen molar-refractivity contribution < 1.29 is 0 Å². The SMILES string of the molecule is CC1=C(C)c2ccccc2N(CCCN(C)C)c2ccccc21. The van der Waals surface area contributed by atoms with E-state index in [4.69, 9.17) is 0 Å². The molecule has 120 valence electrons. The van der Waals surface area contributed by atoms with Crippen LogP contribution in [0, 0.1) is 0 Å². The van der Waals surface area contributed by atoms with Gasteiger partial charge >= 0.3 is 0 Å². The Bertz CT molecular complexity index is 673. The largest absolute Gasteiger partial charge is 0.340 e. The van der Waals surface area contributed by atoms with Crippen LogP contribution in [-0.2, 0) is 0 Å². The highest BCUT2D eigenvalue weighted by Gasteiger charge is 2.22. The summed E-state index contributed by atoms with van der Waals surface area (Å²) in [6, 6.07) is 17.6. The van der Waals surface area contributed by atoms with Crippen molar-refractivity contribution in [1.82, 2.24) is 4.90 Å². The molecule has 1 aliphatic heterocycles. The van der Waals surface area contributed by atoms with E-state index < -0.39 is 0 Å². The Morgan fingerprint density at radius 2 is 1.26 bits per heavy atom. The van der Waals surface area contributed by atoms with E-state index >= 15 is 0 Å². The summed E-state index contributed by atoms with van der Waals surface area (Å²) in [7, 11) is 4.28. The lowest BCUT2D eigenvalue weighted by atomic mass is 9.97. The van der Waals surface area contributed by atoms with Gasteiger partial charge < -0.3 is 9.80 Å². The van der Waals surface area contributed by atoms with Gasteiger partial charge in [0.1, 0.15) is 0 Å². The maximum Gasteiger partial charge on any atom is 0.0487 e. The highest BCUT2D eigenvalue weighted by Crippen LogP contribution is 2.43. The van der Waals surface area contributed by atoms with Crippen LogP contribution >= 0.6 is 0 Å². The fourth-order valence-corrected chi connectivity index (χ4v) is 3.37. The van der Waals surface area contributed by atoms with Crippen LogP contribution < -0.4 is 4.90 Å². The molecule has 2 nitrogen and oxygen atoms in total. The van der Waals surface area contributed by atoms with Crippen LogP contribution in [0.2, 0.25) is 0 Å². The number of hydrogen-bond donors (Lipinski definition) is 0. The van der Waals surface area contributed by atoms with Crippen LogP contribution in [0.25, 0.3) is 11.1 Å². The minimum absolute atomic E-state index is 1.03. The molecule has 0 spiro atoms. The number of anilines is 2. The van der Waals surface area contributed by atoms with Crippen LogP contribution in [0.5, 0.6) is 0 Å². The van der Waals surface area contributed by atoms with Crippen molar-refractivity contribution in [3.8, 4) is 0 Å². The lowest BCUT2D eigenvalue weighted by Gasteiger charge is -2.28. The third kappa shape index (κ3) is 3.04. The first-order valence-corrected chi connectivity index (χ1v) is 8.38. The van der Waals surface area contributed by atoms with Crippen molar-refractivity contribution in [2.24, 2.45) is 0 Å². The smallest absolute Gasteiger partial charge is 0.0487 e. The molecule has 0 unspecified atom stereocenters. The van der Waals surface area contributed by atoms with Gasteiger partial charge in [-0.25, -0.2) is 0 Å². The predicted molar refractivity (Wildman–Crippen MR) is 101 cm³/mol. The predicted octanol–water partition coefficient (Wildman–Crippen LogP) is 5.04. The topological polar surface area (TPSA) is 6.48 Å².